The highest BCUT2D eigenvalue weighted by molar-refractivity contribution is 5.83. The largest absolute Gasteiger partial charge is 0.508 e. The first kappa shape index (κ1) is 35.6. The van der Waals surface area contributed by atoms with E-state index in [2.05, 4.69) is 34.6 Å². The zero-order valence-electron chi connectivity index (χ0n) is 29.4. The molecule has 7 N–H and O–H groups in total. The highest BCUT2D eigenvalue weighted by Gasteiger charge is 2.39. The number of H-pyrrole nitrogens is 1. The fourth-order valence-electron chi connectivity index (χ4n) is 7.76. The number of aryl methyl sites for hydroxylation is 1. The molecule has 0 spiro atoms. The Labute approximate surface area is 302 Å². The van der Waals surface area contributed by atoms with Gasteiger partial charge in [0.1, 0.15) is 29.5 Å². The molecular weight excluding hydrogens is 664 g/mol. The molecule has 274 valence electrons. The van der Waals surface area contributed by atoms with Crippen molar-refractivity contribution >= 4 is 10.9 Å². The highest BCUT2D eigenvalue weighted by Crippen LogP contribution is 2.53. The van der Waals surface area contributed by atoms with Crippen LogP contribution in [0, 0.1) is 0 Å². The quantitative estimate of drug-likeness (QED) is 0.0778. The number of hydrogen-bond donors (Lipinski definition) is 7. The van der Waals surface area contributed by atoms with E-state index in [1.54, 1.807) is 12.1 Å². The molecule has 7 rings (SSSR count). The maximum atomic E-state index is 10.9. The lowest BCUT2D eigenvalue weighted by molar-refractivity contribution is -0.0430. The van der Waals surface area contributed by atoms with Gasteiger partial charge in [-0.05, 0) is 120 Å². The number of hydrogen-bond acceptors (Lipinski definition) is 10. The Bertz CT molecular complexity index is 2040. The lowest BCUT2D eigenvalue weighted by Gasteiger charge is -2.38. The first-order valence-electron chi connectivity index (χ1n) is 17.8. The van der Waals surface area contributed by atoms with Gasteiger partial charge in [0.2, 0.25) is 0 Å². The van der Waals surface area contributed by atoms with Gasteiger partial charge in [-0.15, -0.1) is 0 Å². The number of fused-ring (bicyclic) bond motifs is 6. The molecular formula is C41H46N2O9. The summed E-state index contributed by atoms with van der Waals surface area (Å²) in [6.45, 7) is -0.518. The molecule has 0 amide bonds. The second-order valence-electron chi connectivity index (χ2n) is 13.6. The Hall–Kier alpha value is -4.78. The Morgan fingerprint density at radius 1 is 0.942 bits per heavy atom. The molecule has 11 heteroatoms. The zero-order chi connectivity index (χ0) is 36.4. The molecule has 5 aromatic rings. The Morgan fingerprint density at radius 2 is 1.79 bits per heavy atom. The van der Waals surface area contributed by atoms with Crippen molar-refractivity contribution in [3.63, 3.8) is 0 Å². The number of benzene rings is 4. The van der Waals surface area contributed by atoms with Gasteiger partial charge in [-0.2, -0.15) is 0 Å². The monoisotopic (exact) mass is 710 g/mol. The van der Waals surface area contributed by atoms with Crippen LogP contribution in [-0.2, 0) is 30.4 Å². The number of aliphatic hydroxyl groups excluding tert-OH is 3. The average molecular weight is 711 g/mol. The summed E-state index contributed by atoms with van der Waals surface area (Å²) in [7, 11) is 3.31. The van der Waals surface area contributed by atoms with Crippen molar-refractivity contribution in [3.05, 3.63) is 100 Å². The molecule has 0 fully saturated rings. The van der Waals surface area contributed by atoms with Gasteiger partial charge in [0, 0.05) is 41.9 Å². The van der Waals surface area contributed by atoms with Crippen molar-refractivity contribution in [2.24, 2.45) is 0 Å². The van der Waals surface area contributed by atoms with Crippen LogP contribution in [0.2, 0.25) is 0 Å². The topological polar surface area (TPSA) is 166 Å². The maximum Gasteiger partial charge on any atom is 0.161 e. The van der Waals surface area contributed by atoms with E-state index >= 15 is 0 Å². The zero-order valence-corrected chi connectivity index (χ0v) is 29.4. The van der Waals surface area contributed by atoms with Crippen molar-refractivity contribution in [1.82, 2.24) is 10.3 Å². The summed E-state index contributed by atoms with van der Waals surface area (Å²) in [6, 6.07) is 19.4. The maximum absolute atomic E-state index is 10.9. The van der Waals surface area contributed by atoms with Crippen molar-refractivity contribution in [3.8, 4) is 39.9 Å². The van der Waals surface area contributed by atoms with Crippen LogP contribution in [-0.4, -0.2) is 83.4 Å². The number of phenolic OH excluding ortho intramolecular Hbond substituents is 2. The molecule has 0 bridgehead atoms. The summed E-state index contributed by atoms with van der Waals surface area (Å²) in [5, 5.41) is 55.5. The minimum Gasteiger partial charge on any atom is -0.508 e. The number of aromatic amines is 1. The Balaban J connectivity index is 1.37. The summed E-state index contributed by atoms with van der Waals surface area (Å²) in [6.07, 6.45) is 2.78. The second kappa shape index (κ2) is 15.4. The minimum absolute atomic E-state index is 0.00154. The predicted octanol–water partition coefficient (Wildman–Crippen LogP) is 5.03. The second-order valence-corrected chi connectivity index (χ2v) is 13.6. The van der Waals surface area contributed by atoms with Crippen molar-refractivity contribution in [2.45, 2.75) is 56.3 Å². The molecule has 0 unspecified atom stereocenters. The summed E-state index contributed by atoms with van der Waals surface area (Å²) >= 11 is 0. The minimum atomic E-state index is -0.866. The van der Waals surface area contributed by atoms with Crippen LogP contribution in [0.25, 0.3) is 22.0 Å². The predicted molar refractivity (Wildman–Crippen MR) is 197 cm³/mol. The first-order chi connectivity index (χ1) is 25.3. The number of methoxy groups -OCH3 is 1. The standard InChI is InChI=1S/C41H46N2O9/c1-42-22-50-38-18-32-33-15-26(13-23-5-8-34-24(12-23)9-10-43-34)31-17-28(47)6-7-30(31)39(33)36(51-29(20-45)21-46)19-35(32)52-41(38)27-14-25(4-3-11-44)40(48)37(16-27)49-2/h5-10,12,14,16-17,19,26,29,38,41-48H,3-4,11,13,15,18,20-22H2,1-2H3/t26-,38+,41+/m0/s1. The molecule has 0 saturated heterocycles. The molecule has 3 atom stereocenters. The van der Waals surface area contributed by atoms with Crippen LogP contribution >= 0.6 is 0 Å². The molecule has 2 aliphatic rings. The number of aliphatic hydroxyl groups is 3. The highest BCUT2D eigenvalue weighted by atomic mass is 16.6. The van der Waals surface area contributed by atoms with Crippen LogP contribution in [0.4, 0.5) is 0 Å². The lowest BCUT2D eigenvalue weighted by Crippen LogP contribution is -2.36. The molecule has 1 aromatic heterocycles. The average Bonchev–Trinajstić information content (AvgIpc) is 3.63. The van der Waals surface area contributed by atoms with Crippen LogP contribution in [0.15, 0.2) is 66.9 Å². The first-order valence-corrected chi connectivity index (χ1v) is 17.8. The molecule has 4 aromatic carbocycles. The molecule has 11 nitrogen and oxygen atoms in total. The Morgan fingerprint density at radius 3 is 2.56 bits per heavy atom. The van der Waals surface area contributed by atoms with Crippen LogP contribution in [0.5, 0.6) is 28.7 Å². The van der Waals surface area contributed by atoms with Gasteiger partial charge >= 0.3 is 0 Å². The molecule has 2 heterocycles. The summed E-state index contributed by atoms with van der Waals surface area (Å²) < 4.78 is 25.2. The molecule has 52 heavy (non-hydrogen) atoms. The van der Waals surface area contributed by atoms with Crippen molar-refractivity contribution in [1.29, 1.82) is 0 Å². The summed E-state index contributed by atoms with van der Waals surface area (Å²) in [5.74, 6) is 1.56. The van der Waals surface area contributed by atoms with E-state index < -0.39 is 18.3 Å². The van der Waals surface area contributed by atoms with Gasteiger partial charge in [0.15, 0.2) is 17.6 Å². The van der Waals surface area contributed by atoms with Gasteiger partial charge in [-0.1, -0.05) is 12.1 Å². The smallest absolute Gasteiger partial charge is 0.161 e. The molecule has 0 radical (unpaired) electrons. The van der Waals surface area contributed by atoms with Gasteiger partial charge in [0.05, 0.1) is 27.1 Å². The van der Waals surface area contributed by atoms with E-state index in [0.717, 1.165) is 50.7 Å². The van der Waals surface area contributed by atoms with Gasteiger partial charge < -0.3 is 49.5 Å². The number of aromatic nitrogens is 1. The van der Waals surface area contributed by atoms with Crippen LogP contribution in [0.3, 0.4) is 0 Å². The number of aromatic hydroxyl groups is 2. The Kier molecular flexibility index (Phi) is 10.6. The van der Waals surface area contributed by atoms with Crippen molar-refractivity contribution in [2.75, 3.05) is 40.7 Å². The van der Waals surface area contributed by atoms with E-state index in [-0.39, 0.29) is 44.0 Å². The third-order valence-electron chi connectivity index (χ3n) is 10.2. The van der Waals surface area contributed by atoms with E-state index in [4.69, 9.17) is 18.9 Å². The van der Waals surface area contributed by atoms with Gasteiger partial charge in [-0.3, -0.25) is 5.32 Å². The van der Waals surface area contributed by atoms with Crippen molar-refractivity contribution < 1.29 is 44.5 Å². The number of nitrogens with one attached hydrogen (secondary N) is 2. The lowest BCUT2D eigenvalue weighted by atomic mass is 9.73. The number of ether oxygens (including phenoxy) is 4. The summed E-state index contributed by atoms with van der Waals surface area (Å²) in [5.41, 5.74) is 8.35. The van der Waals surface area contributed by atoms with Gasteiger partial charge in [-0.25, -0.2) is 0 Å². The normalized spacial score (nSPS) is 17.8. The number of rotatable bonds is 14. The van der Waals surface area contributed by atoms with E-state index in [9.17, 15) is 25.5 Å². The SMILES string of the molecule is CNCO[C@@H]1Cc2c(cc(OC(CO)CO)c3c2C[C@H](Cc2ccc4[nH]ccc4c2)c2cc(O)ccc2-3)O[C@@H]1c1cc(CCCO)c(O)c(OC)c1. The molecule has 0 saturated carbocycles. The third kappa shape index (κ3) is 6.90. The fraction of sp³-hybridized carbons (Fsp3) is 0.366. The van der Waals surface area contributed by atoms with E-state index in [1.165, 1.54) is 12.7 Å². The molecule has 1 aliphatic carbocycles. The van der Waals surface area contributed by atoms with Gasteiger partial charge in [0.25, 0.3) is 0 Å². The van der Waals surface area contributed by atoms with E-state index in [0.29, 0.717) is 48.5 Å². The van der Waals surface area contributed by atoms with E-state index in [1.807, 2.05) is 37.5 Å². The van der Waals surface area contributed by atoms with Crippen LogP contribution in [0.1, 0.15) is 51.8 Å². The third-order valence-corrected chi connectivity index (χ3v) is 10.2. The fourth-order valence-corrected chi connectivity index (χ4v) is 7.76. The molecule has 1 aliphatic heterocycles. The summed E-state index contributed by atoms with van der Waals surface area (Å²) in [4.78, 5) is 3.26. The number of phenols is 2. The van der Waals surface area contributed by atoms with Crippen LogP contribution < -0.4 is 19.5 Å².